The second kappa shape index (κ2) is 3.18. The average molecular weight is 197 g/mol. The van der Waals surface area contributed by atoms with Gasteiger partial charge in [-0.05, 0) is 0 Å². The molecule has 0 aromatic carbocycles. The number of pyridine rings is 1. The van der Waals surface area contributed by atoms with Gasteiger partial charge in [-0.1, -0.05) is 11.6 Å². The van der Waals surface area contributed by atoms with Crippen molar-refractivity contribution < 1.29 is 13.2 Å². The number of anilines is 1. The van der Waals surface area contributed by atoms with Crippen molar-refractivity contribution >= 4 is 17.3 Å². The van der Waals surface area contributed by atoms with Crippen molar-refractivity contribution in [1.82, 2.24) is 4.98 Å². The van der Waals surface area contributed by atoms with Crippen LogP contribution in [0.3, 0.4) is 0 Å². The molecule has 0 saturated carbocycles. The molecule has 0 unspecified atom stereocenters. The molecule has 1 aromatic rings. The maximum absolute atomic E-state index is 12.5. The van der Waals surface area contributed by atoms with Crippen molar-refractivity contribution in [3.05, 3.63) is 22.7 Å². The number of rotatable bonds is 1. The summed E-state index contributed by atoms with van der Waals surface area (Å²) in [5, 5.41) is -0.469. The van der Waals surface area contributed by atoms with Gasteiger partial charge in [0.05, 0.1) is 17.4 Å². The third-order valence-electron chi connectivity index (χ3n) is 1.28. The molecule has 0 bridgehead atoms. The van der Waals surface area contributed by atoms with Gasteiger partial charge in [0.15, 0.2) is 5.82 Å². The molecule has 1 aromatic heterocycles. The predicted molar refractivity (Wildman–Crippen MR) is 38.6 cm³/mol. The van der Waals surface area contributed by atoms with Gasteiger partial charge >= 0.3 is 0 Å². The Morgan fingerprint density at radius 2 is 2.08 bits per heavy atom. The molecule has 6 heteroatoms. The Labute approximate surface area is 71.2 Å². The quantitative estimate of drug-likeness (QED) is 0.701. The Morgan fingerprint density at radius 3 is 2.50 bits per heavy atom. The van der Waals surface area contributed by atoms with Gasteiger partial charge in [0.25, 0.3) is 6.43 Å². The van der Waals surface area contributed by atoms with Crippen molar-refractivity contribution in [2.45, 2.75) is 6.43 Å². The van der Waals surface area contributed by atoms with E-state index in [1.165, 1.54) is 0 Å². The molecule has 12 heavy (non-hydrogen) atoms. The largest absolute Gasteiger partial charge is 0.396 e. The molecule has 0 amide bonds. The molecular weight excluding hydrogens is 193 g/mol. The fraction of sp³-hybridized carbons (Fsp3) is 0.167. The number of hydrogen-bond acceptors (Lipinski definition) is 2. The van der Waals surface area contributed by atoms with E-state index in [0.717, 1.165) is 0 Å². The van der Waals surface area contributed by atoms with E-state index in [0.29, 0.717) is 6.20 Å². The minimum absolute atomic E-state index is 0.469. The summed E-state index contributed by atoms with van der Waals surface area (Å²) >= 11 is 5.26. The summed E-state index contributed by atoms with van der Waals surface area (Å²) in [5.41, 5.74) is 3.60. The van der Waals surface area contributed by atoms with E-state index >= 15 is 0 Å². The smallest absolute Gasteiger partial charge is 0.268 e. The molecular formula is C6H4ClF3N2. The van der Waals surface area contributed by atoms with Crippen LogP contribution in [0.25, 0.3) is 0 Å². The summed E-state index contributed by atoms with van der Waals surface area (Å²) in [6, 6.07) is 0. The molecule has 0 aliphatic heterocycles. The lowest BCUT2D eigenvalue weighted by Crippen LogP contribution is -2.01. The topological polar surface area (TPSA) is 38.9 Å². The zero-order chi connectivity index (χ0) is 9.30. The second-order valence-electron chi connectivity index (χ2n) is 2.02. The van der Waals surface area contributed by atoms with Crippen molar-refractivity contribution in [2.75, 3.05) is 5.73 Å². The minimum atomic E-state index is -2.92. The third kappa shape index (κ3) is 1.45. The van der Waals surface area contributed by atoms with E-state index in [1.807, 2.05) is 0 Å². The molecule has 0 spiro atoms. The van der Waals surface area contributed by atoms with Gasteiger partial charge in [-0.15, -0.1) is 0 Å². The van der Waals surface area contributed by atoms with Gasteiger partial charge in [-0.3, -0.25) is 0 Å². The highest BCUT2D eigenvalue weighted by atomic mass is 35.5. The number of nitrogens with two attached hydrogens (primary N) is 1. The zero-order valence-electron chi connectivity index (χ0n) is 5.69. The van der Waals surface area contributed by atoms with E-state index < -0.39 is 28.6 Å². The van der Waals surface area contributed by atoms with Crippen LogP contribution in [0, 0.1) is 5.82 Å². The Morgan fingerprint density at radius 1 is 1.50 bits per heavy atom. The van der Waals surface area contributed by atoms with Crippen LogP contribution in [-0.4, -0.2) is 4.98 Å². The van der Waals surface area contributed by atoms with E-state index in [9.17, 15) is 13.2 Å². The molecule has 0 aliphatic rings. The molecule has 1 rings (SSSR count). The number of hydrogen-bond donors (Lipinski definition) is 1. The van der Waals surface area contributed by atoms with Crippen LogP contribution in [0.5, 0.6) is 0 Å². The van der Waals surface area contributed by atoms with Crippen LogP contribution in [0.1, 0.15) is 12.0 Å². The molecule has 0 aliphatic carbocycles. The lowest BCUT2D eigenvalue weighted by molar-refractivity contribution is 0.151. The summed E-state index contributed by atoms with van der Waals surface area (Å²) < 4.78 is 36.7. The van der Waals surface area contributed by atoms with E-state index in [1.54, 1.807) is 0 Å². The first kappa shape index (κ1) is 9.12. The Balaban J connectivity index is 3.33. The van der Waals surface area contributed by atoms with Crippen LogP contribution in [0.4, 0.5) is 18.9 Å². The Hall–Kier alpha value is -0.970. The summed E-state index contributed by atoms with van der Waals surface area (Å²) in [6.07, 6.45) is -2.22. The first-order valence-electron chi connectivity index (χ1n) is 2.91. The average Bonchev–Trinajstić information content (AvgIpc) is 1.97. The maximum atomic E-state index is 12.5. The molecule has 0 atom stereocenters. The minimum Gasteiger partial charge on any atom is -0.396 e. The molecule has 66 valence electrons. The van der Waals surface area contributed by atoms with E-state index in [-0.39, 0.29) is 0 Å². The normalized spacial score (nSPS) is 10.8. The number of nitrogens with zero attached hydrogens (tertiary/aromatic N) is 1. The fourth-order valence-electron chi connectivity index (χ4n) is 0.700. The van der Waals surface area contributed by atoms with Gasteiger partial charge in [0.1, 0.15) is 5.15 Å². The lowest BCUT2D eigenvalue weighted by atomic mass is 10.2. The van der Waals surface area contributed by atoms with Gasteiger partial charge in [-0.25, -0.2) is 18.2 Å². The highest BCUT2D eigenvalue weighted by Crippen LogP contribution is 2.31. The van der Waals surface area contributed by atoms with Crippen molar-refractivity contribution in [3.63, 3.8) is 0 Å². The monoisotopic (exact) mass is 196 g/mol. The molecule has 0 fully saturated rings. The van der Waals surface area contributed by atoms with Crippen molar-refractivity contribution in [3.8, 4) is 0 Å². The summed E-state index contributed by atoms with van der Waals surface area (Å²) in [7, 11) is 0. The molecule has 0 saturated heterocycles. The molecule has 2 N–H and O–H groups in total. The first-order valence-corrected chi connectivity index (χ1v) is 3.29. The van der Waals surface area contributed by atoms with E-state index in [2.05, 4.69) is 4.98 Å². The second-order valence-corrected chi connectivity index (χ2v) is 2.38. The SMILES string of the molecule is Nc1c(F)cnc(Cl)c1C(F)F. The van der Waals surface area contributed by atoms with Gasteiger partial charge < -0.3 is 5.73 Å². The zero-order valence-corrected chi connectivity index (χ0v) is 6.45. The number of aromatic nitrogens is 1. The Kier molecular flexibility index (Phi) is 2.42. The Bertz CT molecular complexity index is 303. The lowest BCUT2D eigenvalue weighted by Gasteiger charge is -2.05. The van der Waals surface area contributed by atoms with Gasteiger partial charge in [-0.2, -0.15) is 0 Å². The summed E-state index contributed by atoms with van der Waals surface area (Å²) in [4.78, 5) is 3.19. The van der Waals surface area contributed by atoms with Crippen molar-refractivity contribution in [1.29, 1.82) is 0 Å². The van der Waals surface area contributed by atoms with Crippen molar-refractivity contribution in [2.24, 2.45) is 0 Å². The van der Waals surface area contributed by atoms with Crippen LogP contribution in [0.2, 0.25) is 5.15 Å². The van der Waals surface area contributed by atoms with Crippen LogP contribution in [0.15, 0.2) is 6.20 Å². The maximum Gasteiger partial charge on any atom is 0.268 e. The summed E-state index contributed by atoms with van der Waals surface area (Å²) in [6.45, 7) is 0. The highest BCUT2D eigenvalue weighted by Gasteiger charge is 2.19. The highest BCUT2D eigenvalue weighted by molar-refractivity contribution is 6.30. The molecule has 2 nitrogen and oxygen atoms in total. The molecule has 1 heterocycles. The van der Waals surface area contributed by atoms with E-state index in [4.69, 9.17) is 17.3 Å². The van der Waals surface area contributed by atoms with Crippen LogP contribution in [-0.2, 0) is 0 Å². The van der Waals surface area contributed by atoms with Gasteiger partial charge in [0, 0.05) is 0 Å². The standard InChI is InChI=1S/C6H4ClF3N2/c7-5-3(6(9)10)4(11)2(8)1-12-5/h1,6H,(H2,11,12). The number of nitrogen functional groups attached to an aromatic ring is 1. The fourth-order valence-corrected chi connectivity index (χ4v) is 0.933. The predicted octanol–water partition coefficient (Wildman–Crippen LogP) is 2.39. The molecule has 0 radical (unpaired) electrons. The third-order valence-corrected chi connectivity index (χ3v) is 1.58. The summed E-state index contributed by atoms with van der Waals surface area (Å²) in [5.74, 6) is -0.991. The van der Waals surface area contributed by atoms with Crippen LogP contribution < -0.4 is 5.73 Å². The first-order chi connectivity index (χ1) is 5.54. The number of halogens is 4. The number of alkyl halides is 2. The van der Waals surface area contributed by atoms with Crippen LogP contribution >= 0.6 is 11.6 Å². The van der Waals surface area contributed by atoms with Gasteiger partial charge in [0.2, 0.25) is 0 Å².